The minimum Gasteiger partial charge on any atom is -0.378 e. The second kappa shape index (κ2) is 7.99. The molecule has 4 nitrogen and oxygen atoms in total. The van der Waals surface area contributed by atoms with Gasteiger partial charge in [0.15, 0.2) is 0 Å². The van der Waals surface area contributed by atoms with Gasteiger partial charge in [-0.15, -0.1) is 0 Å². The fourth-order valence-electron chi connectivity index (χ4n) is 3.43. The fraction of sp³-hybridized carbons (Fsp3) is 0.938. The smallest absolute Gasteiger partial charge is 0.223 e. The molecule has 0 bridgehead atoms. The predicted octanol–water partition coefficient (Wildman–Crippen LogP) is 2.18. The highest BCUT2D eigenvalue weighted by Crippen LogP contribution is 2.33. The topological polar surface area (TPSA) is 41.6 Å². The Kier molecular flexibility index (Phi) is 6.30. The van der Waals surface area contributed by atoms with E-state index in [4.69, 9.17) is 4.74 Å². The molecular formula is C16H30N2O2. The first-order valence-corrected chi connectivity index (χ1v) is 8.36. The van der Waals surface area contributed by atoms with Crippen LogP contribution in [-0.2, 0) is 9.53 Å². The number of amides is 1. The van der Waals surface area contributed by atoms with E-state index in [1.807, 2.05) is 6.92 Å². The second-order valence-corrected chi connectivity index (χ2v) is 6.21. The third-order valence-electron chi connectivity index (χ3n) is 4.55. The van der Waals surface area contributed by atoms with Crippen LogP contribution in [0.25, 0.3) is 0 Å². The number of carbonyl (C=O) groups is 1. The van der Waals surface area contributed by atoms with Gasteiger partial charge in [-0.05, 0) is 51.5 Å². The van der Waals surface area contributed by atoms with E-state index in [1.165, 1.54) is 6.42 Å². The van der Waals surface area contributed by atoms with Gasteiger partial charge in [0.25, 0.3) is 0 Å². The number of hydrogen-bond acceptors (Lipinski definition) is 3. The summed E-state index contributed by atoms with van der Waals surface area (Å²) < 4.78 is 5.58. The van der Waals surface area contributed by atoms with Crippen molar-refractivity contribution in [2.24, 2.45) is 5.92 Å². The van der Waals surface area contributed by atoms with Gasteiger partial charge >= 0.3 is 0 Å². The molecule has 2 aliphatic rings. The highest BCUT2D eigenvalue weighted by Gasteiger charge is 2.33. The van der Waals surface area contributed by atoms with Crippen molar-refractivity contribution < 1.29 is 9.53 Å². The highest BCUT2D eigenvalue weighted by molar-refractivity contribution is 5.77. The number of piperidine rings is 1. The SMILES string of the molecule is CCCN(C(=O)CC1CC(OCC)C1)C1CCCNC1. The molecule has 0 spiro atoms. The first-order valence-electron chi connectivity index (χ1n) is 8.36. The number of carbonyl (C=O) groups excluding carboxylic acids is 1. The molecule has 2 rings (SSSR count). The predicted molar refractivity (Wildman–Crippen MR) is 80.7 cm³/mol. The molecule has 1 heterocycles. The van der Waals surface area contributed by atoms with E-state index in [0.717, 1.165) is 58.3 Å². The molecule has 4 heteroatoms. The van der Waals surface area contributed by atoms with Crippen LogP contribution in [0.5, 0.6) is 0 Å². The molecule has 1 aliphatic heterocycles. The van der Waals surface area contributed by atoms with Crippen molar-refractivity contribution in [3.63, 3.8) is 0 Å². The maximum Gasteiger partial charge on any atom is 0.223 e. The van der Waals surface area contributed by atoms with Crippen LogP contribution in [0, 0.1) is 5.92 Å². The molecule has 0 aromatic rings. The molecule has 20 heavy (non-hydrogen) atoms. The summed E-state index contributed by atoms with van der Waals surface area (Å²) in [6.07, 6.45) is 6.67. The van der Waals surface area contributed by atoms with Crippen molar-refractivity contribution in [2.75, 3.05) is 26.2 Å². The Morgan fingerprint density at radius 1 is 1.35 bits per heavy atom. The average Bonchev–Trinajstić information content (AvgIpc) is 2.43. The van der Waals surface area contributed by atoms with Gasteiger partial charge in [0.2, 0.25) is 5.91 Å². The van der Waals surface area contributed by atoms with Gasteiger partial charge in [0, 0.05) is 32.2 Å². The normalized spacial score (nSPS) is 29.8. The Labute approximate surface area is 123 Å². The minimum absolute atomic E-state index is 0.362. The van der Waals surface area contributed by atoms with Crippen molar-refractivity contribution >= 4 is 5.91 Å². The lowest BCUT2D eigenvalue weighted by molar-refractivity contribution is -0.137. The summed E-state index contributed by atoms with van der Waals surface area (Å²) in [6, 6.07) is 0.416. The fourth-order valence-corrected chi connectivity index (χ4v) is 3.43. The quantitative estimate of drug-likeness (QED) is 0.778. The first kappa shape index (κ1) is 15.8. The summed E-state index contributed by atoms with van der Waals surface area (Å²) in [5.41, 5.74) is 0. The molecule has 116 valence electrons. The Morgan fingerprint density at radius 2 is 2.15 bits per heavy atom. The van der Waals surface area contributed by atoms with Crippen molar-refractivity contribution in [3.05, 3.63) is 0 Å². The van der Waals surface area contributed by atoms with Gasteiger partial charge in [-0.1, -0.05) is 6.92 Å². The van der Waals surface area contributed by atoms with Gasteiger partial charge in [-0.3, -0.25) is 4.79 Å². The summed E-state index contributed by atoms with van der Waals surface area (Å²) in [4.78, 5) is 14.7. The zero-order chi connectivity index (χ0) is 14.4. The van der Waals surface area contributed by atoms with Crippen molar-refractivity contribution in [3.8, 4) is 0 Å². The molecule has 0 radical (unpaired) electrons. The molecule has 1 N–H and O–H groups in total. The van der Waals surface area contributed by atoms with Crippen LogP contribution >= 0.6 is 0 Å². The molecule has 0 aromatic heterocycles. The third-order valence-corrected chi connectivity index (χ3v) is 4.55. The van der Waals surface area contributed by atoms with E-state index in [-0.39, 0.29) is 0 Å². The molecular weight excluding hydrogens is 252 g/mol. The summed E-state index contributed by atoms with van der Waals surface area (Å²) in [5.74, 6) is 0.912. The van der Waals surface area contributed by atoms with E-state index in [9.17, 15) is 4.79 Å². The second-order valence-electron chi connectivity index (χ2n) is 6.21. The van der Waals surface area contributed by atoms with Crippen LogP contribution < -0.4 is 5.32 Å². The van der Waals surface area contributed by atoms with Crippen LogP contribution in [0.4, 0.5) is 0 Å². The van der Waals surface area contributed by atoms with Crippen LogP contribution in [-0.4, -0.2) is 49.2 Å². The molecule has 2 fully saturated rings. The largest absolute Gasteiger partial charge is 0.378 e. The summed E-state index contributed by atoms with van der Waals surface area (Å²) in [5, 5.41) is 3.42. The number of hydrogen-bond donors (Lipinski definition) is 1. The summed E-state index contributed by atoms with van der Waals surface area (Å²) in [6.45, 7) is 7.97. The lowest BCUT2D eigenvalue weighted by Crippen LogP contribution is -2.50. The van der Waals surface area contributed by atoms with Gasteiger partial charge < -0.3 is 15.0 Å². The number of ether oxygens (including phenoxy) is 1. The zero-order valence-electron chi connectivity index (χ0n) is 13.1. The van der Waals surface area contributed by atoms with E-state index in [1.54, 1.807) is 0 Å². The molecule has 0 aromatic carbocycles. The monoisotopic (exact) mass is 282 g/mol. The van der Waals surface area contributed by atoms with Crippen LogP contribution in [0.2, 0.25) is 0 Å². The lowest BCUT2D eigenvalue weighted by atomic mass is 9.79. The lowest BCUT2D eigenvalue weighted by Gasteiger charge is -2.38. The van der Waals surface area contributed by atoms with Crippen molar-refractivity contribution in [1.82, 2.24) is 10.2 Å². The van der Waals surface area contributed by atoms with Crippen LogP contribution in [0.1, 0.15) is 52.4 Å². The Morgan fingerprint density at radius 3 is 2.75 bits per heavy atom. The molecule has 1 saturated heterocycles. The van der Waals surface area contributed by atoms with Gasteiger partial charge in [-0.25, -0.2) is 0 Å². The maximum absolute atomic E-state index is 12.6. The average molecular weight is 282 g/mol. The molecule has 1 unspecified atom stereocenters. The van der Waals surface area contributed by atoms with Crippen LogP contribution in [0.3, 0.4) is 0 Å². The van der Waals surface area contributed by atoms with E-state index in [2.05, 4.69) is 17.1 Å². The Bertz CT molecular complexity index is 297. The molecule has 1 amide bonds. The molecule has 1 saturated carbocycles. The molecule has 1 aliphatic carbocycles. The number of nitrogens with zero attached hydrogens (tertiary/aromatic N) is 1. The zero-order valence-corrected chi connectivity index (χ0v) is 13.1. The van der Waals surface area contributed by atoms with E-state index >= 15 is 0 Å². The van der Waals surface area contributed by atoms with E-state index < -0.39 is 0 Å². The first-order chi connectivity index (χ1) is 9.74. The standard InChI is InChI=1S/C16H30N2O2/c1-3-8-18(14-6-5-7-17-12-14)16(19)11-13-9-15(10-13)20-4-2/h13-15,17H,3-12H2,1-2H3. The third kappa shape index (κ3) is 4.19. The van der Waals surface area contributed by atoms with Crippen molar-refractivity contribution in [2.45, 2.75) is 64.5 Å². The molecule has 1 atom stereocenters. The van der Waals surface area contributed by atoms with Gasteiger partial charge in [0.05, 0.1) is 6.10 Å². The minimum atomic E-state index is 0.362. The van der Waals surface area contributed by atoms with Gasteiger partial charge in [0.1, 0.15) is 0 Å². The maximum atomic E-state index is 12.6. The van der Waals surface area contributed by atoms with E-state index in [0.29, 0.717) is 24.0 Å². The Balaban J connectivity index is 1.78. The number of nitrogens with one attached hydrogen (secondary N) is 1. The Hall–Kier alpha value is -0.610. The van der Waals surface area contributed by atoms with Gasteiger partial charge in [-0.2, -0.15) is 0 Å². The van der Waals surface area contributed by atoms with Crippen LogP contribution in [0.15, 0.2) is 0 Å². The van der Waals surface area contributed by atoms with Crippen molar-refractivity contribution in [1.29, 1.82) is 0 Å². The number of rotatable bonds is 7. The summed E-state index contributed by atoms with van der Waals surface area (Å²) in [7, 11) is 0. The summed E-state index contributed by atoms with van der Waals surface area (Å²) >= 11 is 0. The highest BCUT2D eigenvalue weighted by atomic mass is 16.5.